The summed E-state index contributed by atoms with van der Waals surface area (Å²) in [5, 5.41) is 7.57. The van der Waals surface area contributed by atoms with E-state index in [1.54, 1.807) is 11.3 Å². The first-order valence-corrected chi connectivity index (χ1v) is 9.36. The Morgan fingerprint density at radius 1 is 1.46 bits per heavy atom. The summed E-state index contributed by atoms with van der Waals surface area (Å²) in [6, 6.07) is 8.17. The number of carbonyl (C=O) groups is 1. The molecule has 1 fully saturated rings. The molecule has 2 heterocycles. The monoisotopic (exact) mass is 367 g/mol. The molecule has 1 amide bonds. The van der Waals surface area contributed by atoms with Gasteiger partial charge in [-0.2, -0.15) is 0 Å². The van der Waals surface area contributed by atoms with E-state index >= 15 is 0 Å². The number of rotatable bonds is 6. The zero-order valence-corrected chi connectivity index (χ0v) is 15.7. The minimum Gasteiger partial charge on any atom is -0.356 e. The molecule has 0 spiro atoms. The summed E-state index contributed by atoms with van der Waals surface area (Å²) < 4.78 is 1.22. The van der Waals surface area contributed by atoms with Gasteiger partial charge in [0.1, 0.15) is 0 Å². The SMILES string of the molecule is CC(CC(=O)NCCc1nc2ccccc2s1)C1CCCNC1.Cl. The Morgan fingerprint density at radius 3 is 3.04 bits per heavy atom. The lowest BCUT2D eigenvalue weighted by atomic mass is 9.85. The van der Waals surface area contributed by atoms with Crippen LogP contribution in [0.15, 0.2) is 24.3 Å². The van der Waals surface area contributed by atoms with Crippen LogP contribution >= 0.6 is 23.7 Å². The molecular formula is C18H26ClN3OS. The van der Waals surface area contributed by atoms with Gasteiger partial charge in [0.25, 0.3) is 0 Å². The summed E-state index contributed by atoms with van der Waals surface area (Å²) in [5.41, 5.74) is 1.05. The summed E-state index contributed by atoms with van der Waals surface area (Å²) >= 11 is 1.71. The number of thiazole rings is 1. The molecule has 6 heteroatoms. The first-order chi connectivity index (χ1) is 11.2. The Balaban J connectivity index is 0.00000208. The van der Waals surface area contributed by atoms with Crippen molar-refractivity contribution in [3.05, 3.63) is 29.3 Å². The molecule has 3 rings (SSSR count). The Kier molecular flexibility index (Phi) is 7.46. The number of carbonyl (C=O) groups excluding carboxylic acids is 1. The standard InChI is InChI=1S/C18H25N3OS.ClH/c1-13(14-5-4-9-19-12-14)11-17(22)20-10-8-18-21-15-6-2-3-7-16(15)23-18;/h2-3,6-7,13-14,19H,4-5,8-12H2,1H3,(H,20,22);1H. The smallest absolute Gasteiger partial charge is 0.220 e. The molecule has 0 bridgehead atoms. The molecule has 1 aliphatic rings. The van der Waals surface area contributed by atoms with Crippen molar-refractivity contribution in [2.45, 2.75) is 32.6 Å². The zero-order chi connectivity index (χ0) is 16.1. The second-order valence-electron chi connectivity index (χ2n) is 6.46. The van der Waals surface area contributed by atoms with Crippen molar-refractivity contribution in [3.63, 3.8) is 0 Å². The second-order valence-corrected chi connectivity index (χ2v) is 7.58. The molecule has 1 saturated heterocycles. The average Bonchev–Trinajstić information content (AvgIpc) is 2.98. The molecule has 1 aliphatic heterocycles. The largest absolute Gasteiger partial charge is 0.356 e. The van der Waals surface area contributed by atoms with Crippen molar-refractivity contribution in [1.82, 2.24) is 15.6 Å². The molecule has 132 valence electrons. The maximum absolute atomic E-state index is 12.1. The number of benzene rings is 1. The van der Waals surface area contributed by atoms with Crippen LogP contribution in [-0.4, -0.2) is 30.5 Å². The molecule has 2 N–H and O–H groups in total. The van der Waals surface area contributed by atoms with Crippen LogP contribution in [0.2, 0.25) is 0 Å². The first kappa shape index (κ1) is 19.2. The van der Waals surface area contributed by atoms with Crippen molar-refractivity contribution in [2.24, 2.45) is 11.8 Å². The van der Waals surface area contributed by atoms with Crippen LogP contribution in [0.4, 0.5) is 0 Å². The lowest BCUT2D eigenvalue weighted by Gasteiger charge is -2.28. The number of halogens is 1. The van der Waals surface area contributed by atoms with E-state index in [1.807, 2.05) is 18.2 Å². The summed E-state index contributed by atoms with van der Waals surface area (Å²) in [4.78, 5) is 16.7. The van der Waals surface area contributed by atoms with Gasteiger partial charge in [-0.05, 0) is 49.9 Å². The highest BCUT2D eigenvalue weighted by molar-refractivity contribution is 7.18. The van der Waals surface area contributed by atoms with Gasteiger partial charge in [0, 0.05) is 19.4 Å². The minimum absolute atomic E-state index is 0. The normalized spacial score (nSPS) is 18.8. The van der Waals surface area contributed by atoms with Crippen LogP contribution in [0.1, 0.15) is 31.2 Å². The van der Waals surface area contributed by atoms with Crippen LogP contribution in [0, 0.1) is 11.8 Å². The highest BCUT2D eigenvalue weighted by Crippen LogP contribution is 2.23. The van der Waals surface area contributed by atoms with Gasteiger partial charge in [0.15, 0.2) is 0 Å². The highest BCUT2D eigenvalue weighted by Gasteiger charge is 2.21. The number of para-hydroxylation sites is 1. The molecular weight excluding hydrogens is 342 g/mol. The van der Waals surface area contributed by atoms with Gasteiger partial charge in [-0.25, -0.2) is 4.98 Å². The number of amides is 1. The Labute approximate surface area is 153 Å². The predicted octanol–water partition coefficient (Wildman–Crippen LogP) is 3.40. The molecule has 2 aromatic rings. The van der Waals surface area contributed by atoms with Crippen molar-refractivity contribution < 1.29 is 4.79 Å². The van der Waals surface area contributed by atoms with Crippen LogP contribution in [0.3, 0.4) is 0 Å². The topological polar surface area (TPSA) is 54.0 Å². The summed E-state index contributed by atoms with van der Waals surface area (Å²) in [7, 11) is 0. The van der Waals surface area contributed by atoms with Gasteiger partial charge < -0.3 is 10.6 Å². The highest BCUT2D eigenvalue weighted by atomic mass is 35.5. The number of piperidine rings is 1. The summed E-state index contributed by atoms with van der Waals surface area (Å²) in [6.07, 6.45) is 3.91. The Hall–Kier alpha value is -1.17. The molecule has 1 aromatic heterocycles. The van der Waals surface area contributed by atoms with Crippen molar-refractivity contribution in [1.29, 1.82) is 0 Å². The minimum atomic E-state index is 0. The number of nitrogens with one attached hydrogen (secondary N) is 2. The Morgan fingerprint density at radius 2 is 2.29 bits per heavy atom. The molecule has 0 aliphatic carbocycles. The number of hydrogen-bond donors (Lipinski definition) is 2. The van der Waals surface area contributed by atoms with Crippen LogP contribution in [-0.2, 0) is 11.2 Å². The van der Waals surface area contributed by atoms with Gasteiger partial charge in [-0.3, -0.25) is 4.79 Å². The van der Waals surface area contributed by atoms with Gasteiger partial charge in [-0.15, -0.1) is 23.7 Å². The van der Waals surface area contributed by atoms with Crippen molar-refractivity contribution in [3.8, 4) is 0 Å². The van der Waals surface area contributed by atoms with E-state index in [1.165, 1.54) is 17.5 Å². The quantitative estimate of drug-likeness (QED) is 0.822. The fraction of sp³-hybridized carbons (Fsp3) is 0.556. The lowest BCUT2D eigenvalue weighted by molar-refractivity contribution is -0.122. The van der Waals surface area contributed by atoms with Crippen molar-refractivity contribution >= 4 is 39.9 Å². The third-order valence-electron chi connectivity index (χ3n) is 4.65. The summed E-state index contributed by atoms with van der Waals surface area (Å²) in [6.45, 7) is 5.05. The second kappa shape index (κ2) is 9.35. The number of nitrogens with zero attached hydrogens (tertiary/aromatic N) is 1. The molecule has 0 radical (unpaired) electrons. The molecule has 1 aromatic carbocycles. The fourth-order valence-electron chi connectivity index (χ4n) is 3.23. The maximum Gasteiger partial charge on any atom is 0.220 e. The number of hydrogen-bond acceptors (Lipinski definition) is 4. The van der Waals surface area contributed by atoms with E-state index in [2.05, 4.69) is 28.6 Å². The van der Waals surface area contributed by atoms with Crippen LogP contribution < -0.4 is 10.6 Å². The number of fused-ring (bicyclic) bond motifs is 1. The molecule has 4 nitrogen and oxygen atoms in total. The van der Waals surface area contributed by atoms with E-state index in [0.717, 1.165) is 30.0 Å². The van der Waals surface area contributed by atoms with Gasteiger partial charge >= 0.3 is 0 Å². The molecule has 2 atom stereocenters. The third-order valence-corrected chi connectivity index (χ3v) is 5.74. The van der Waals surface area contributed by atoms with E-state index in [-0.39, 0.29) is 18.3 Å². The van der Waals surface area contributed by atoms with E-state index in [4.69, 9.17) is 0 Å². The number of aromatic nitrogens is 1. The fourth-order valence-corrected chi connectivity index (χ4v) is 4.20. The van der Waals surface area contributed by atoms with Crippen molar-refractivity contribution in [2.75, 3.05) is 19.6 Å². The van der Waals surface area contributed by atoms with Crippen LogP contribution in [0.25, 0.3) is 10.2 Å². The molecule has 0 saturated carbocycles. The molecule has 2 unspecified atom stereocenters. The van der Waals surface area contributed by atoms with E-state index in [9.17, 15) is 4.79 Å². The van der Waals surface area contributed by atoms with Gasteiger partial charge in [0.05, 0.1) is 15.2 Å². The van der Waals surface area contributed by atoms with E-state index < -0.39 is 0 Å². The van der Waals surface area contributed by atoms with Crippen LogP contribution in [0.5, 0.6) is 0 Å². The van der Waals surface area contributed by atoms with Gasteiger partial charge in [-0.1, -0.05) is 19.1 Å². The zero-order valence-electron chi connectivity index (χ0n) is 14.1. The van der Waals surface area contributed by atoms with Gasteiger partial charge in [0.2, 0.25) is 5.91 Å². The lowest BCUT2D eigenvalue weighted by Crippen LogP contribution is -2.36. The van der Waals surface area contributed by atoms with E-state index in [0.29, 0.717) is 24.8 Å². The first-order valence-electron chi connectivity index (χ1n) is 8.54. The summed E-state index contributed by atoms with van der Waals surface area (Å²) in [5.74, 6) is 1.26. The third kappa shape index (κ3) is 5.16. The average molecular weight is 368 g/mol. The Bertz CT molecular complexity index is 622. The predicted molar refractivity (Wildman–Crippen MR) is 103 cm³/mol. The molecule has 24 heavy (non-hydrogen) atoms. The maximum atomic E-state index is 12.1.